The normalized spacial score (nSPS) is 11.6. The SMILES string of the molecule is CCOc1cc(/C=C(/C#N)C(=O)Nc2nc(S(=O)(=O)C(C)C)ns2)ccc1OC(=O)c1ccc(C)cc1. The summed E-state index contributed by atoms with van der Waals surface area (Å²) in [5, 5.41) is 10.8. The molecule has 0 aliphatic carbocycles. The van der Waals surface area contributed by atoms with E-state index in [1.165, 1.54) is 32.1 Å². The molecule has 0 saturated carbocycles. The molecule has 0 atom stereocenters. The fourth-order valence-corrected chi connectivity index (χ4v) is 4.58. The first-order valence-corrected chi connectivity index (χ1v) is 13.4. The van der Waals surface area contributed by atoms with E-state index in [-0.39, 0.29) is 34.0 Å². The van der Waals surface area contributed by atoms with Gasteiger partial charge in [0, 0.05) is 11.5 Å². The van der Waals surface area contributed by atoms with Gasteiger partial charge in [0.1, 0.15) is 11.6 Å². The third kappa shape index (κ3) is 6.78. The minimum Gasteiger partial charge on any atom is -0.490 e. The fourth-order valence-electron chi connectivity index (χ4n) is 2.88. The zero-order valence-electron chi connectivity index (χ0n) is 20.5. The lowest BCUT2D eigenvalue weighted by molar-refractivity contribution is -0.112. The van der Waals surface area contributed by atoms with Crippen molar-refractivity contribution in [2.24, 2.45) is 0 Å². The zero-order valence-corrected chi connectivity index (χ0v) is 22.1. The van der Waals surface area contributed by atoms with E-state index in [2.05, 4.69) is 14.7 Å². The number of hydrogen-bond donors (Lipinski definition) is 1. The van der Waals surface area contributed by atoms with Crippen molar-refractivity contribution in [1.82, 2.24) is 9.36 Å². The molecule has 192 valence electrons. The van der Waals surface area contributed by atoms with Crippen LogP contribution in [0.4, 0.5) is 5.13 Å². The maximum absolute atomic E-state index is 12.6. The van der Waals surface area contributed by atoms with E-state index in [0.717, 1.165) is 5.56 Å². The third-order valence-electron chi connectivity index (χ3n) is 4.94. The summed E-state index contributed by atoms with van der Waals surface area (Å²) in [5.74, 6) is -0.917. The predicted molar refractivity (Wildman–Crippen MR) is 138 cm³/mol. The largest absolute Gasteiger partial charge is 0.490 e. The number of aryl methyl sites for hydroxylation is 1. The Morgan fingerprint density at radius 3 is 2.49 bits per heavy atom. The Morgan fingerprint density at radius 2 is 1.86 bits per heavy atom. The van der Waals surface area contributed by atoms with Gasteiger partial charge in [0.15, 0.2) is 11.5 Å². The summed E-state index contributed by atoms with van der Waals surface area (Å²) in [5.41, 5.74) is 1.55. The molecule has 1 N–H and O–H groups in total. The summed E-state index contributed by atoms with van der Waals surface area (Å²) >= 11 is 0.695. The second-order valence-electron chi connectivity index (χ2n) is 7.99. The highest BCUT2D eigenvalue weighted by Gasteiger charge is 2.25. The molecule has 0 unspecified atom stereocenters. The molecule has 3 rings (SSSR count). The van der Waals surface area contributed by atoms with Crippen LogP contribution in [0, 0.1) is 18.3 Å². The number of esters is 1. The minimum absolute atomic E-state index is 0.0567. The number of amides is 1. The van der Waals surface area contributed by atoms with E-state index in [9.17, 15) is 23.3 Å². The number of carbonyl (C=O) groups is 2. The molecule has 0 fully saturated rings. The standard InChI is InChI=1S/C25H24N4O6S2/c1-5-34-21-13-17(8-11-20(21)35-23(31)18-9-6-16(4)7-10-18)12-19(14-26)22(30)27-24-28-25(29-36-24)37(32,33)15(2)3/h6-13,15H,5H2,1-4H3,(H,27,28,29,30)/b19-12-. The van der Waals surface area contributed by atoms with Crippen LogP contribution in [-0.4, -0.2) is 41.5 Å². The first-order valence-electron chi connectivity index (χ1n) is 11.1. The van der Waals surface area contributed by atoms with Crippen LogP contribution in [0.2, 0.25) is 0 Å². The number of aromatic nitrogens is 2. The van der Waals surface area contributed by atoms with Gasteiger partial charge in [-0.25, -0.2) is 13.2 Å². The van der Waals surface area contributed by atoms with Gasteiger partial charge >= 0.3 is 5.97 Å². The first-order chi connectivity index (χ1) is 17.5. The van der Waals surface area contributed by atoms with Crippen LogP contribution in [0.15, 0.2) is 53.2 Å². The predicted octanol–water partition coefficient (Wildman–Crippen LogP) is 4.19. The summed E-state index contributed by atoms with van der Waals surface area (Å²) in [4.78, 5) is 29.0. The van der Waals surface area contributed by atoms with E-state index in [0.29, 0.717) is 22.7 Å². The quantitative estimate of drug-likeness (QED) is 0.182. The number of nitriles is 1. The van der Waals surface area contributed by atoms with Crippen LogP contribution >= 0.6 is 11.5 Å². The van der Waals surface area contributed by atoms with Gasteiger partial charge in [-0.2, -0.15) is 14.6 Å². The lowest BCUT2D eigenvalue weighted by Gasteiger charge is -2.12. The molecule has 10 nitrogen and oxygen atoms in total. The van der Waals surface area contributed by atoms with E-state index in [1.807, 2.05) is 13.0 Å². The van der Waals surface area contributed by atoms with Crippen LogP contribution in [0.3, 0.4) is 0 Å². The Bertz CT molecular complexity index is 1490. The van der Waals surface area contributed by atoms with Gasteiger partial charge < -0.3 is 9.47 Å². The molecule has 0 spiro atoms. The Kier molecular flexibility index (Phi) is 8.75. The molecule has 12 heteroatoms. The molecule has 0 aliphatic rings. The third-order valence-corrected chi connectivity index (χ3v) is 7.62. The summed E-state index contributed by atoms with van der Waals surface area (Å²) in [6.07, 6.45) is 1.32. The molecule has 1 aromatic heterocycles. The molecule has 0 saturated heterocycles. The maximum Gasteiger partial charge on any atom is 0.343 e. The monoisotopic (exact) mass is 540 g/mol. The lowest BCUT2D eigenvalue weighted by atomic mass is 10.1. The van der Waals surface area contributed by atoms with Crippen LogP contribution < -0.4 is 14.8 Å². The highest BCUT2D eigenvalue weighted by Crippen LogP contribution is 2.30. The molecule has 3 aromatic rings. The van der Waals surface area contributed by atoms with Crippen LogP contribution in [0.25, 0.3) is 6.08 Å². The molecule has 0 aliphatic heterocycles. The van der Waals surface area contributed by atoms with Gasteiger partial charge in [-0.15, -0.1) is 0 Å². The van der Waals surface area contributed by atoms with Gasteiger partial charge in [0.2, 0.25) is 15.0 Å². The van der Waals surface area contributed by atoms with Crippen molar-refractivity contribution in [1.29, 1.82) is 5.26 Å². The minimum atomic E-state index is -3.70. The maximum atomic E-state index is 12.6. The number of hydrogen-bond acceptors (Lipinski definition) is 10. The average Bonchev–Trinajstić information content (AvgIpc) is 3.33. The van der Waals surface area contributed by atoms with Crippen LogP contribution in [0.1, 0.15) is 42.3 Å². The number of carbonyl (C=O) groups excluding carboxylic acids is 2. The fraction of sp³-hybridized carbons (Fsp3) is 0.240. The zero-order chi connectivity index (χ0) is 27.2. The van der Waals surface area contributed by atoms with Crippen molar-refractivity contribution >= 4 is 44.5 Å². The van der Waals surface area contributed by atoms with Crippen molar-refractivity contribution < 1.29 is 27.5 Å². The van der Waals surface area contributed by atoms with E-state index in [4.69, 9.17) is 9.47 Å². The number of benzene rings is 2. The van der Waals surface area contributed by atoms with Crippen molar-refractivity contribution in [3.05, 3.63) is 64.7 Å². The Morgan fingerprint density at radius 1 is 1.16 bits per heavy atom. The van der Waals surface area contributed by atoms with Crippen LogP contribution in [0.5, 0.6) is 11.5 Å². The summed E-state index contributed by atoms with van der Waals surface area (Å²) in [6, 6.07) is 13.3. The number of nitrogens with one attached hydrogen (secondary N) is 1. The first kappa shape index (κ1) is 27.5. The highest BCUT2D eigenvalue weighted by atomic mass is 32.2. The van der Waals surface area contributed by atoms with E-state index >= 15 is 0 Å². The molecule has 37 heavy (non-hydrogen) atoms. The molecule has 0 bridgehead atoms. The Balaban J connectivity index is 1.80. The lowest BCUT2D eigenvalue weighted by Crippen LogP contribution is -2.16. The summed E-state index contributed by atoms with van der Waals surface area (Å²) in [7, 11) is -3.70. The van der Waals surface area contributed by atoms with Crippen molar-refractivity contribution in [3.8, 4) is 17.6 Å². The van der Waals surface area contributed by atoms with E-state index < -0.39 is 27.0 Å². The van der Waals surface area contributed by atoms with Crippen molar-refractivity contribution in [2.75, 3.05) is 11.9 Å². The van der Waals surface area contributed by atoms with Gasteiger partial charge in [0.05, 0.1) is 17.4 Å². The number of rotatable bonds is 9. The highest BCUT2D eigenvalue weighted by molar-refractivity contribution is 7.91. The smallest absolute Gasteiger partial charge is 0.343 e. The second-order valence-corrected chi connectivity index (χ2v) is 11.1. The van der Waals surface area contributed by atoms with Crippen molar-refractivity contribution in [3.63, 3.8) is 0 Å². The summed E-state index contributed by atoms with van der Waals surface area (Å²) < 4.78 is 39.3. The molecule has 1 heterocycles. The van der Waals surface area contributed by atoms with Crippen molar-refractivity contribution in [2.45, 2.75) is 38.1 Å². The molecule has 1 amide bonds. The number of anilines is 1. The van der Waals surface area contributed by atoms with Gasteiger partial charge in [-0.1, -0.05) is 23.8 Å². The number of ether oxygens (including phenoxy) is 2. The summed E-state index contributed by atoms with van der Waals surface area (Å²) in [6.45, 7) is 6.95. The van der Waals surface area contributed by atoms with Gasteiger partial charge in [-0.3, -0.25) is 10.1 Å². The molecular formula is C25H24N4O6S2. The second kappa shape index (κ2) is 11.8. The Hall–Kier alpha value is -4.08. The average molecular weight is 541 g/mol. The van der Waals surface area contributed by atoms with Crippen LogP contribution in [-0.2, 0) is 14.6 Å². The molecular weight excluding hydrogens is 516 g/mol. The topological polar surface area (TPSA) is 148 Å². The Labute approximate surface area is 218 Å². The van der Waals surface area contributed by atoms with Gasteiger partial charge in [0.25, 0.3) is 11.1 Å². The van der Waals surface area contributed by atoms with E-state index in [1.54, 1.807) is 37.3 Å². The number of sulfone groups is 1. The van der Waals surface area contributed by atoms with Gasteiger partial charge in [-0.05, 0) is 63.6 Å². The molecule has 0 radical (unpaired) electrons. The molecule has 2 aromatic carbocycles. The number of nitrogens with zero attached hydrogens (tertiary/aromatic N) is 3.